The molecule has 0 amide bonds. The quantitative estimate of drug-likeness (QED) is 0.575. The Hall–Kier alpha value is -2.82. The molecule has 2 aromatic carbocycles. The molecule has 3 rings (SSSR count). The fraction of sp³-hybridized carbons (Fsp3) is 0.222. The Morgan fingerprint density at radius 2 is 2.00 bits per heavy atom. The van der Waals surface area contributed by atoms with Crippen LogP contribution in [0.5, 0.6) is 0 Å². The van der Waals surface area contributed by atoms with Crippen LogP contribution in [0.4, 0.5) is 5.69 Å². The normalized spacial score (nSPS) is 11.8. The Kier molecular flexibility index (Phi) is 4.28. The van der Waals surface area contributed by atoms with Crippen molar-refractivity contribution in [3.05, 3.63) is 59.9 Å². The summed E-state index contributed by atoms with van der Waals surface area (Å²) in [6.45, 7) is 5.41. The van der Waals surface area contributed by atoms with Crippen molar-refractivity contribution >= 4 is 22.7 Å². The largest absolute Gasteiger partial charge is 0.370 e. The first-order chi connectivity index (χ1) is 11.1. The highest BCUT2D eigenvalue weighted by Crippen LogP contribution is 2.15. The van der Waals surface area contributed by atoms with Crippen LogP contribution < -0.4 is 11.1 Å². The van der Waals surface area contributed by atoms with Crippen molar-refractivity contribution in [2.24, 2.45) is 10.7 Å². The van der Waals surface area contributed by atoms with Crippen LogP contribution in [0.15, 0.2) is 53.5 Å². The van der Waals surface area contributed by atoms with E-state index in [-0.39, 0.29) is 0 Å². The van der Waals surface area contributed by atoms with Crippen molar-refractivity contribution in [2.75, 3.05) is 11.9 Å². The summed E-state index contributed by atoms with van der Waals surface area (Å²) in [5.41, 5.74) is 10.2. The fourth-order valence-corrected chi connectivity index (χ4v) is 2.66. The summed E-state index contributed by atoms with van der Waals surface area (Å²) >= 11 is 0. The Bertz CT molecular complexity index is 847. The van der Waals surface area contributed by atoms with Gasteiger partial charge in [0.15, 0.2) is 5.96 Å². The van der Waals surface area contributed by atoms with E-state index in [1.807, 2.05) is 56.3 Å². The zero-order valence-electron chi connectivity index (χ0n) is 13.5. The van der Waals surface area contributed by atoms with Crippen LogP contribution >= 0.6 is 0 Å². The van der Waals surface area contributed by atoms with Gasteiger partial charge in [0.1, 0.15) is 5.82 Å². The number of nitrogens with one attached hydrogen (secondary N) is 1. The van der Waals surface area contributed by atoms with Crippen LogP contribution in [-0.4, -0.2) is 22.1 Å². The van der Waals surface area contributed by atoms with Gasteiger partial charge in [0, 0.05) is 12.2 Å². The van der Waals surface area contributed by atoms with E-state index in [1.165, 1.54) is 5.56 Å². The first kappa shape index (κ1) is 15.1. The number of fused-ring (bicyclic) bond motifs is 1. The van der Waals surface area contributed by atoms with Gasteiger partial charge in [0.2, 0.25) is 0 Å². The Balaban J connectivity index is 1.66. The van der Waals surface area contributed by atoms with Gasteiger partial charge in [0.05, 0.1) is 17.6 Å². The van der Waals surface area contributed by atoms with Crippen LogP contribution in [0, 0.1) is 13.8 Å². The molecule has 23 heavy (non-hydrogen) atoms. The first-order valence-electron chi connectivity index (χ1n) is 7.69. The van der Waals surface area contributed by atoms with Crippen molar-refractivity contribution in [2.45, 2.75) is 20.4 Å². The molecule has 3 N–H and O–H groups in total. The van der Waals surface area contributed by atoms with E-state index < -0.39 is 0 Å². The van der Waals surface area contributed by atoms with Crippen molar-refractivity contribution < 1.29 is 0 Å². The Labute approximate surface area is 135 Å². The lowest BCUT2D eigenvalue weighted by Gasteiger charge is -2.08. The Morgan fingerprint density at radius 1 is 1.17 bits per heavy atom. The third-order valence-electron chi connectivity index (χ3n) is 3.74. The summed E-state index contributed by atoms with van der Waals surface area (Å²) in [6, 6.07) is 16.2. The van der Waals surface area contributed by atoms with E-state index in [4.69, 9.17) is 5.73 Å². The van der Waals surface area contributed by atoms with Crippen LogP contribution in [-0.2, 0) is 6.54 Å². The number of hydrogen-bond acceptors (Lipinski definition) is 2. The number of aromatic nitrogens is 2. The zero-order chi connectivity index (χ0) is 16.2. The van der Waals surface area contributed by atoms with Gasteiger partial charge >= 0.3 is 0 Å². The molecular formula is C18H21N5. The molecule has 0 atom stereocenters. The monoisotopic (exact) mass is 307 g/mol. The maximum absolute atomic E-state index is 5.96. The van der Waals surface area contributed by atoms with E-state index in [9.17, 15) is 0 Å². The first-order valence-corrected chi connectivity index (χ1v) is 7.69. The number of rotatable bonds is 4. The molecule has 3 aromatic rings. The van der Waals surface area contributed by atoms with Crippen molar-refractivity contribution in [3.63, 3.8) is 0 Å². The van der Waals surface area contributed by atoms with Gasteiger partial charge in [-0.2, -0.15) is 0 Å². The lowest BCUT2D eigenvalue weighted by Crippen LogP contribution is -2.23. The van der Waals surface area contributed by atoms with Crippen LogP contribution in [0.25, 0.3) is 11.0 Å². The predicted molar refractivity (Wildman–Crippen MR) is 95.8 cm³/mol. The predicted octanol–water partition coefficient (Wildman–Crippen LogP) is 3.08. The number of benzene rings is 2. The highest BCUT2D eigenvalue weighted by Gasteiger charge is 2.05. The van der Waals surface area contributed by atoms with Crippen molar-refractivity contribution in [1.29, 1.82) is 0 Å². The van der Waals surface area contributed by atoms with E-state index in [1.54, 1.807) is 0 Å². The summed E-state index contributed by atoms with van der Waals surface area (Å²) in [5, 5.41) is 3.12. The molecule has 0 unspecified atom stereocenters. The maximum Gasteiger partial charge on any atom is 0.193 e. The number of nitrogens with zero attached hydrogens (tertiary/aromatic N) is 3. The standard InChI is InChI=1S/C18H21N5/c1-13-6-5-7-15(12-13)22-18(19)20-10-11-23-14(2)21-16-8-3-4-9-17(16)23/h3-9,12H,10-11H2,1-2H3,(H3,19,20,22). The molecule has 5 heteroatoms. The molecule has 0 aliphatic carbocycles. The molecule has 0 radical (unpaired) electrons. The zero-order valence-corrected chi connectivity index (χ0v) is 13.5. The smallest absolute Gasteiger partial charge is 0.193 e. The summed E-state index contributed by atoms with van der Waals surface area (Å²) in [6.07, 6.45) is 0. The molecule has 5 nitrogen and oxygen atoms in total. The minimum absolute atomic E-state index is 0.428. The number of hydrogen-bond donors (Lipinski definition) is 2. The third-order valence-corrected chi connectivity index (χ3v) is 3.74. The van der Waals surface area contributed by atoms with E-state index >= 15 is 0 Å². The molecule has 1 heterocycles. The average molecular weight is 307 g/mol. The highest BCUT2D eigenvalue weighted by molar-refractivity contribution is 5.92. The number of nitrogens with two attached hydrogens (primary N) is 1. The molecule has 0 aliphatic heterocycles. The summed E-state index contributed by atoms with van der Waals surface area (Å²) < 4.78 is 2.17. The Morgan fingerprint density at radius 3 is 2.83 bits per heavy atom. The second-order valence-electron chi connectivity index (χ2n) is 5.56. The van der Waals surface area contributed by atoms with Gasteiger partial charge in [-0.15, -0.1) is 0 Å². The number of aryl methyl sites for hydroxylation is 2. The lowest BCUT2D eigenvalue weighted by atomic mass is 10.2. The van der Waals surface area contributed by atoms with Crippen molar-refractivity contribution in [3.8, 4) is 0 Å². The maximum atomic E-state index is 5.96. The summed E-state index contributed by atoms with van der Waals surface area (Å²) in [7, 11) is 0. The molecule has 1 aromatic heterocycles. The van der Waals surface area contributed by atoms with E-state index in [0.717, 1.165) is 29.1 Å². The molecule has 0 aliphatic rings. The third kappa shape index (κ3) is 3.51. The topological polar surface area (TPSA) is 68.2 Å². The number of aliphatic imine (C=N–C) groups is 1. The molecule has 0 saturated heterocycles. The molecule has 0 saturated carbocycles. The lowest BCUT2D eigenvalue weighted by molar-refractivity contribution is 0.704. The number of anilines is 1. The second kappa shape index (κ2) is 6.52. The van der Waals surface area contributed by atoms with Crippen molar-refractivity contribution in [1.82, 2.24) is 9.55 Å². The number of para-hydroxylation sites is 2. The van der Waals surface area contributed by atoms with Gasteiger partial charge in [-0.3, -0.25) is 4.99 Å². The van der Waals surface area contributed by atoms with Crippen LogP contribution in [0.3, 0.4) is 0 Å². The second-order valence-corrected chi connectivity index (χ2v) is 5.56. The SMILES string of the molecule is Cc1cccc(NC(N)=NCCn2c(C)nc3ccccc32)c1. The van der Waals surface area contributed by atoms with E-state index in [2.05, 4.69) is 25.9 Å². The van der Waals surface area contributed by atoms with Gasteiger partial charge in [-0.25, -0.2) is 4.98 Å². The van der Waals surface area contributed by atoms with Gasteiger partial charge in [-0.1, -0.05) is 24.3 Å². The molecular weight excluding hydrogens is 286 g/mol. The molecule has 0 bridgehead atoms. The van der Waals surface area contributed by atoms with Crippen LogP contribution in [0.2, 0.25) is 0 Å². The molecule has 118 valence electrons. The average Bonchev–Trinajstić information content (AvgIpc) is 2.83. The molecule has 0 fully saturated rings. The minimum Gasteiger partial charge on any atom is -0.370 e. The van der Waals surface area contributed by atoms with Gasteiger partial charge < -0.3 is 15.6 Å². The fourth-order valence-electron chi connectivity index (χ4n) is 2.66. The number of guanidine groups is 1. The van der Waals surface area contributed by atoms with Gasteiger partial charge in [-0.05, 0) is 43.7 Å². The van der Waals surface area contributed by atoms with E-state index in [0.29, 0.717) is 12.5 Å². The highest BCUT2D eigenvalue weighted by atomic mass is 15.1. The minimum atomic E-state index is 0.428. The summed E-state index contributed by atoms with van der Waals surface area (Å²) in [5.74, 6) is 1.42. The number of imidazole rings is 1. The summed E-state index contributed by atoms with van der Waals surface area (Å²) in [4.78, 5) is 8.96. The van der Waals surface area contributed by atoms with Crippen LogP contribution in [0.1, 0.15) is 11.4 Å². The van der Waals surface area contributed by atoms with Gasteiger partial charge in [0.25, 0.3) is 0 Å². The molecule has 0 spiro atoms.